The van der Waals surface area contributed by atoms with Crippen LogP contribution in [0, 0.1) is 6.92 Å². The Balaban J connectivity index is 1.96. The van der Waals surface area contributed by atoms with E-state index in [0.717, 1.165) is 11.3 Å². The number of methoxy groups -OCH3 is 2. The molecule has 0 saturated heterocycles. The molecule has 1 fully saturated rings. The van der Waals surface area contributed by atoms with E-state index in [1.54, 1.807) is 20.3 Å². The standard InChI is InChI=1S/C16H24N2O3/c1-11-8-14(20-2)15(21-3)9-13(11)18-16(19)10-17-12-6-4-5-7-12/h8-9,12,17H,4-7,10H2,1-3H3,(H,18,19). The number of aryl methyl sites for hydroxylation is 1. The highest BCUT2D eigenvalue weighted by Gasteiger charge is 2.16. The fourth-order valence-electron chi connectivity index (χ4n) is 2.68. The van der Waals surface area contributed by atoms with Crippen LogP contribution in [0.4, 0.5) is 5.69 Å². The first-order chi connectivity index (χ1) is 10.1. The van der Waals surface area contributed by atoms with Crippen molar-refractivity contribution in [3.63, 3.8) is 0 Å². The van der Waals surface area contributed by atoms with Crippen LogP contribution in [0.3, 0.4) is 0 Å². The quantitative estimate of drug-likeness (QED) is 0.845. The van der Waals surface area contributed by atoms with Gasteiger partial charge in [-0.2, -0.15) is 0 Å². The number of anilines is 1. The Morgan fingerprint density at radius 3 is 2.43 bits per heavy atom. The maximum Gasteiger partial charge on any atom is 0.238 e. The minimum absolute atomic E-state index is 0.0304. The number of benzene rings is 1. The Morgan fingerprint density at radius 2 is 1.81 bits per heavy atom. The first kappa shape index (κ1) is 15.6. The van der Waals surface area contributed by atoms with Crippen LogP contribution in [-0.2, 0) is 4.79 Å². The second-order valence-corrected chi connectivity index (χ2v) is 5.43. The van der Waals surface area contributed by atoms with Gasteiger partial charge in [0.25, 0.3) is 0 Å². The largest absolute Gasteiger partial charge is 0.493 e. The van der Waals surface area contributed by atoms with Gasteiger partial charge in [0.1, 0.15) is 0 Å². The molecule has 0 radical (unpaired) electrons. The van der Waals surface area contributed by atoms with E-state index in [-0.39, 0.29) is 5.91 Å². The number of hydrogen-bond acceptors (Lipinski definition) is 4. The van der Waals surface area contributed by atoms with Crippen molar-refractivity contribution in [2.45, 2.75) is 38.6 Å². The van der Waals surface area contributed by atoms with E-state index >= 15 is 0 Å². The SMILES string of the molecule is COc1cc(C)c(NC(=O)CNC2CCCC2)cc1OC. The van der Waals surface area contributed by atoms with Crippen LogP contribution in [-0.4, -0.2) is 32.7 Å². The van der Waals surface area contributed by atoms with Crippen molar-refractivity contribution in [3.8, 4) is 11.5 Å². The summed E-state index contributed by atoms with van der Waals surface area (Å²) in [5.74, 6) is 1.25. The molecular weight excluding hydrogens is 268 g/mol. The van der Waals surface area contributed by atoms with Crippen LogP contribution in [0.15, 0.2) is 12.1 Å². The van der Waals surface area contributed by atoms with Crippen molar-refractivity contribution in [1.29, 1.82) is 0 Å². The van der Waals surface area contributed by atoms with Crippen LogP contribution in [0.1, 0.15) is 31.2 Å². The fourth-order valence-corrected chi connectivity index (χ4v) is 2.68. The van der Waals surface area contributed by atoms with E-state index in [1.807, 2.05) is 13.0 Å². The maximum absolute atomic E-state index is 12.0. The number of amides is 1. The van der Waals surface area contributed by atoms with Crippen molar-refractivity contribution in [1.82, 2.24) is 5.32 Å². The highest BCUT2D eigenvalue weighted by molar-refractivity contribution is 5.93. The Bertz CT molecular complexity index is 497. The zero-order chi connectivity index (χ0) is 15.2. The zero-order valence-corrected chi connectivity index (χ0v) is 13.0. The third-order valence-electron chi connectivity index (χ3n) is 3.91. The molecule has 0 aromatic heterocycles. The molecule has 21 heavy (non-hydrogen) atoms. The number of ether oxygens (including phenoxy) is 2. The summed E-state index contributed by atoms with van der Waals surface area (Å²) >= 11 is 0. The minimum Gasteiger partial charge on any atom is -0.493 e. The summed E-state index contributed by atoms with van der Waals surface area (Å²) in [6, 6.07) is 4.14. The van der Waals surface area contributed by atoms with Gasteiger partial charge < -0.3 is 20.1 Å². The number of carbonyl (C=O) groups is 1. The molecule has 1 saturated carbocycles. The lowest BCUT2D eigenvalue weighted by molar-refractivity contribution is -0.115. The molecule has 2 N–H and O–H groups in total. The summed E-state index contributed by atoms with van der Waals surface area (Å²) in [6.07, 6.45) is 4.85. The van der Waals surface area contributed by atoms with Crippen LogP contribution in [0.5, 0.6) is 11.5 Å². The summed E-state index contributed by atoms with van der Waals surface area (Å²) < 4.78 is 10.5. The fraction of sp³-hybridized carbons (Fsp3) is 0.562. The molecule has 1 aliphatic carbocycles. The second kappa shape index (κ2) is 7.31. The summed E-state index contributed by atoms with van der Waals surface area (Å²) in [6.45, 7) is 2.28. The van der Waals surface area contributed by atoms with Crippen LogP contribution in [0.25, 0.3) is 0 Å². The minimum atomic E-state index is -0.0304. The van der Waals surface area contributed by atoms with Gasteiger partial charge >= 0.3 is 0 Å². The summed E-state index contributed by atoms with van der Waals surface area (Å²) in [5.41, 5.74) is 1.70. The molecule has 0 unspecified atom stereocenters. The molecule has 0 heterocycles. The molecular formula is C16H24N2O3. The van der Waals surface area contributed by atoms with Gasteiger partial charge in [0, 0.05) is 17.8 Å². The normalized spacial score (nSPS) is 15.0. The third-order valence-corrected chi connectivity index (χ3v) is 3.91. The van der Waals surface area contributed by atoms with E-state index in [2.05, 4.69) is 10.6 Å². The number of carbonyl (C=O) groups excluding carboxylic acids is 1. The van der Waals surface area contributed by atoms with E-state index < -0.39 is 0 Å². The third kappa shape index (κ3) is 4.11. The Morgan fingerprint density at radius 1 is 1.19 bits per heavy atom. The molecule has 1 aromatic rings. The number of rotatable bonds is 6. The molecule has 1 aromatic carbocycles. The molecule has 2 rings (SSSR count). The van der Waals surface area contributed by atoms with Crippen molar-refractivity contribution in [2.24, 2.45) is 0 Å². The summed E-state index contributed by atoms with van der Waals surface area (Å²) in [4.78, 5) is 12.0. The second-order valence-electron chi connectivity index (χ2n) is 5.43. The van der Waals surface area contributed by atoms with Gasteiger partial charge in [-0.3, -0.25) is 4.79 Å². The van der Waals surface area contributed by atoms with Crippen molar-refractivity contribution in [3.05, 3.63) is 17.7 Å². The number of nitrogens with one attached hydrogen (secondary N) is 2. The van der Waals surface area contributed by atoms with Crippen molar-refractivity contribution >= 4 is 11.6 Å². The Hall–Kier alpha value is -1.75. The van der Waals surface area contributed by atoms with E-state index in [0.29, 0.717) is 24.1 Å². The van der Waals surface area contributed by atoms with Crippen LogP contribution in [0.2, 0.25) is 0 Å². The zero-order valence-electron chi connectivity index (χ0n) is 13.0. The molecule has 0 atom stereocenters. The molecule has 0 aliphatic heterocycles. The first-order valence-electron chi connectivity index (χ1n) is 7.40. The topological polar surface area (TPSA) is 59.6 Å². The lowest BCUT2D eigenvalue weighted by Crippen LogP contribution is -2.34. The van der Waals surface area contributed by atoms with Gasteiger partial charge in [0.15, 0.2) is 11.5 Å². The van der Waals surface area contributed by atoms with Gasteiger partial charge in [-0.05, 0) is 31.4 Å². The molecule has 5 nitrogen and oxygen atoms in total. The van der Waals surface area contributed by atoms with Crippen LogP contribution < -0.4 is 20.1 Å². The van der Waals surface area contributed by atoms with Gasteiger partial charge in [-0.25, -0.2) is 0 Å². The van der Waals surface area contributed by atoms with Crippen molar-refractivity contribution in [2.75, 3.05) is 26.1 Å². The molecule has 5 heteroatoms. The Labute approximate surface area is 126 Å². The van der Waals surface area contributed by atoms with Gasteiger partial charge in [0.2, 0.25) is 5.91 Å². The summed E-state index contributed by atoms with van der Waals surface area (Å²) in [7, 11) is 3.18. The molecule has 1 aliphatic rings. The molecule has 0 spiro atoms. The highest BCUT2D eigenvalue weighted by Crippen LogP contribution is 2.32. The van der Waals surface area contributed by atoms with E-state index in [1.165, 1.54) is 25.7 Å². The predicted octanol–water partition coefficient (Wildman–Crippen LogP) is 2.48. The van der Waals surface area contributed by atoms with Crippen LogP contribution >= 0.6 is 0 Å². The number of hydrogen-bond donors (Lipinski definition) is 2. The van der Waals surface area contributed by atoms with Gasteiger partial charge in [-0.15, -0.1) is 0 Å². The Kier molecular flexibility index (Phi) is 5.44. The predicted molar refractivity (Wildman–Crippen MR) is 83.2 cm³/mol. The monoisotopic (exact) mass is 292 g/mol. The lowest BCUT2D eigenvalue weighted by atomic mass is 10.1. The average molecular weight is 292 g/mol. The van der Waals surface area contributed by atoms with Gasteiger partial charge in [-0.1, -0.05) is 12.8 Å². The molecule has 116 valence electrons. The lowest BCUT2D eigenvalue weighted by Gasteiger charge is -2.15. The van der Waals surface area contributed by atoms with E-state index in [9.17, 15) is 4.79 Å². The molecule has 0 bridgehead atoms. The summed E-state index contributed by atoms with van der Waals surface area (Å²) in [5, 5.41) is 6.23. The van der Waals surface area contributed by atoms with E-state index in [4.69, 9.17) is 9.47 Å². The smallest absolute Gasteiger partial charge is 0.238 e. The average Bonchev–Trinajstić information content (AvgIpc) is 3.00. The first-order valence-corrected chi connectivity index (χ1v) is 7.40. The maximum atomic E-state index is 12.0. The highest BCUT2D eigenvalue weighted by atomic mass is 16.5. The van der Waals surface area contributed by atoms with Gasteiger partial charge in [0.05, 0.1) is 20.8 Å². The van der Waals surface area contributed by atoms with Crippen molar-refractivity contribution < 1.29 is 14.3 Å². The molecule has 1 amide bonds.